The van der Waals surface area contributed by atoms with Crippen molar-refractivity contribution < 1.29 is 36.5 Å². The second-order valence-corrected chi connectivity index (χ2v) is 28.7. The summed E-state index contributed by atoms with van der Waals surface area (Å²) in [5, 5.41) is 8.73. The van der Waals surface area contributed by atoms with Gasteiger partial charge in [-0.25, -0.2) is 0 Å². The molecule has 2 saturated carbocycles. The van der Waals surface area contributed by atoms with Crippen molar-refractivity contribution in [1.82, 2.24) is 0 Å². The van der Waals surface area contributed by atoms with Crippen molar-refractivity contribution >= 4 is 79.8 Å². The van der Waals surface area contributed by atoms with E-state index in [-0.39, 0.29) is 32.2 Å². The van der Waals surface area contributed by atoms with E-state index >= 15 is 0 Å². The standard InChI is InChI=1S/2C24H29Si.C3H4F3.CH3.2ClH.Si.Zr/c2*1-25(2,3)22-13-11-20(12-14-22)23-10-6-9-21-16-19(17-24(21)23)15-18-7-4-5-8-18;1-2-3(4,5)6;;;;;/h2*6,9-14,16-18H,4-5,7-8,15H2,1-3H3;1-2H2;1H3;2*1H;;/q4*-1;;;;. The van der Waals surface area contributed by atoms with Gasteiger partial charge in [-0.2, -0.15) is 25.3 Å². The van der Waals surface area contributed by atoms with Crippen molar-refractivity contribution in [2.45, 2.75) is 116 Å². The summed E-state index contributed by atoms with van der Waals surface area (Å²) in [6, 6.07) is 42.0. The van der Waals surface area contributed by atoms with Gasteiger partial charge in [0.2, 0.25) is 0 Å². The summed E-state index contributed by atoms with van der Waals surface area (Å²) < 4.78 is 32.2. The van der Waals surface area contributed by atoms with Crippen LogP contribution in [0.15, 0.2) is 109 Å². The summed E-state index contributed by atoms with van der Waals surface area (Å²) >= 11 is 1.36. The van der Waals surface area contributed by atoms with E-state index < -0.39 is 28.7 Å². The van der Waals surface area contributed by atoms with Crippen molar-refractivity contribution in [3.05, 3.63) is 135 Å². The summed E-state index contributed by atoms with van der Waals surface area (Å²) in [6.07, 6.45) is 8.90. The number of hydrogen-bond acceptors (Lipinski definition) is 0. The Hall–Kier alpha value is -2.00. The van der Waals surface area contributed by atoms with Crippen LogP contribution in [-0.4, -0.2) is 29.2 Å². The van der Waals surface area contributed by atoms with Crippen LogP contribution < -0.4 is 10.4 Å². The average Bonchev–Trinajstić information content (AvgIpc) is 4.04. The fraction of sp³-hybridized carbons (Fsp3) is 0.385. The van der Waals surface area contributed by atoms with Gasteiger partial charge in [0.15, 0.2) is 0 Å². The molecule has 0 saturated heterocycles. The minimum atomic E-state index is -4.07. The van der Waals surface area contributed by atoms with Gasteiger partial charge in [0, 0.05) is 0 Å². The number of fused-ring (bicyclic) bond motifs is 2. The molecule has 0 aromatic heterocycles. The first-order chi connectivity index (χ1) is 27.6. The predicted molar refractivity (Wildman–Crippen MR) is 270 cm³/mol. The Kier molecular flexibility index (Phi) is 22.5. The van der Waals surface area contributed by atoms with E-state index in [1.165, 1.54) is 153 Å². The van der Waals surface area contributed by atoms with E-state index in [4.69, 9.17) is 0 Å². The third kappa shape index (κ3) is 15.9. The molecule has 6 aromatic rings. The zero-order valence-electron chi connectivity index (χ0n) is 37.5. The molecule has 6 aromatic carbocycles. The molecular weight excluding hydrogens is 928 g/mol. The maximum atomic E-state index is 10.7. The first-order valence-electron chi connectivity index (χ1n) is 21.3. The van der Waals surface area contributed by atoms with Crippen LogP contribution in [0.2, 0.25) is 39.3 Å². The van der Waals surface area contributed by atoms with Crippen molar-refractivity contribution in [3.8, 4) is 22.3 Å². The molecule has 2 aliphatic carbocycles. The molecule has 0 spiro atoms. The van der Waals surface area contributed by atoms with Gasteiger partial charge in [0.1, 0.15) is 0 Å². The van der Waals surface area contributed by atoms with Crippen LogP contribution in [-0.2, 0) is 36.2 Å². The second kappa shape index (κ2) is 24.9. The fourth-order valence-corrected chi connectivity index (χ4v) is 11.1. The van der Waals surface area contributed by atoms with Gasteiger partial charge in [0.05, 0.1) is 16.1 Å². The van der Waals surface area contributed by atoms with E-state index in [1.807, 2.05) is 0 Å². The Morgan fingerprint density at radius 1 is 0.590 bits per heavy atom. The summed E-state index contributed by atoms with van der Waals surface area (Å²) in [5.41, 5.74) is 8.55. The molecule has 8 rings (SSSR count). The molecule has 0 unspecified atom stereocenters. The second-order valence-electron chi connectivity index (χ2n) is 18.6. The van der Waals surface area contributed by atoms with Crippen LogP contribution in [0.4, 0.5) is 13.2 Å². The van der Waals surface area contributed by atoms with Gasteiger partial charge in [0.25, 0.3) is 0 Å². The zero-order valence-corrected chi connectivity index (χ0v) is 44.6. The molecule has 61 heavy (non-hydrogen) atoms. The summed E-state index contributed by atoms with van der Waals surface area (Å²) in [7, 11) is -2.46. The van der Waals surface area contributed by atoms with Crippen LogP contribution in [0.1, 0.15) is 68.9 Å². The van der Waals surface area contributed by atoms with Crippen LogP contribution in [0.3, 0.4) is 0 Å². The molecule has 330 valence electrons. The van der Waals surface area contributed by atoms with Crippen LogP contribution in [0, 0.1) is 26.2 Å². The van der Waals surface area contributed by atoms with E-state index in [0.29, 0.717) is 0 Å². The Labute approximate surface area is 398 Å². The Morgan fingerprint density at radius 3 is 1.18 bits per heavy atom. The molecule has 0 N–H and O–H groups in total. The molecule has 2 fully saturated rings. The van der Waals surface area contributed by atoms with Gasteiger partial charge < -0.3 is 14.4 Å². The van der Waals surface area contributed by atoms with Crippen LogP contribution in [0.25, 0.3) is 43.8 Å². The van der Waals surface area contributed by atoms with Crippen molar-refractivity contribution in [3.63, 3.8) is 0 Å². The van der Waals surface area contributed by atoms with E-state index in [1.54, 1.807) is 0 Å². The average molecular weight is 995 g/mol. The minimum absolute atomic E-state index is 0. The molecule has 0 heterocycles. The first-order valence-corrected chi connectivity index (χ1v) is 32.5. The third-order valence-electron chi connectivity index (χ3n) is 12.0. The van der Waals surface area contributed by atoms with Gasteiger partial charge >= 0.3 is 36.4 Å². The van der Waals surface area contributed by atoms with Gasteiger partial charge in [-0.15, -0.1) is 93.9 Å². The number of halogens is 5. The molecule has 0 atom stereocenters. The Morgan fingerprint density at radius 2 is 0.902 bits per heavy atom. The molecule has 0 amide bonds. The summed E-state index contributed by atoms with van der Waals surface area (Å²) in [5.74, 6) is 1.83. The van der Waals surface area contributed by atoms with E-state index in [0.717, 1.165) is 11.8 Å². The quantitative estimate of drug-likeness (QED) is 0.105. The van der Waals surface area contributed by atoms with Crippen LogP contribution >= 0.6 is 24.8 Å². The van der Waals surface area contributed by atoms with E-state index in [2.05, 4.69) is 162 Å². The molecule has 0 aliphatic heterocycles. The van der Waals surface area contributed by atoms with E-state index in [9.17, 15) is 13.2 Å². The Bertz CT molecular complexity index is 2030. The summed E-state index contributed by atoms with van der Waals surface area (Å²) in [4.78, 5) is 0. The van der Waals surface area contributed by atoms with Crippen molar-refractivity contribution in [2.75, 3.05) is 0 Å². The third-order valence-corrected chi connectivity index (χ3v) is 16.2. The van der Waals surface area contributed by atoms with Crippen molar-refractivity contribution in [1.29, 1.82) is 0 Å². The zero-order chi connectivity index (χ0) is 42.1. The number of rotatable bonds is 8. The number of benzene rings is 4. The number of alkyl halides is 3. The topological polar surface area (TPSA) is 0 Å². The normalized spacial score (nSPS) is 14.3. The van der Waals surface area contributed by atoms with Gasteiger partial charge in [-0.3, -0.25) is 0 Å². The monoisotopic (exact) mass is 992 g/mol. The molecule has 0 bridgehead atoms. The SMILES string of the molecule is C[Si](C)(C)c1ccc(-c2cccc3[cH-]c(CC4CCCC4)cc23)cc1.C[Si](C)(C)c1ccc(-c2cccc3[cH-]c(CC4CCCC4)cc23)cc1.Cl.Cl.[CH2-]CC(F)(F)F.[CH3-].[Si]=[Zr]. The molecule has 2 radical (unpaired) electrons. The number of hydrogen-bond donors (Lipinski definition) is 0. The first kappa shape index (κ1) is 55.1. The molecular formula is C52H67Cl2F3Si3Zr-4. The van der Waals surface area contributed by atoms with Crippen molar-refractivity contribution in [2.24, 2.45) is 11.8 Å². The van der Waals surface area contributed by atoms with Gasteiger partial charge in [-0.1, -0.05) is 179 Å². The fourth-order valence-electron chi connectivity index (χ4n) is 8.73. The summed E-state index contributed by atoms with van der Waals surface area (Å²) in [6.45, 7) is 20.2. The Balaban J connectivity index is 0.000000344. The predicted octanol–water partition coefficient (Wildman–Crippen LogP) is 15.7. The van der Waals surface area contributed by atoms with Gasteiger partial charge in [-0.05, 0) is 35.8 Å². The molecule has 9 heteroatoms. The molecule has 2 aliphatic rings. The maximum absolute atomic E-state index is 10.7. The van der Waals surface area contributed by atoms with Crippen LogP contribution in [0.5, 0.6) is 0 Å². The molecule has 0 nitrogen and oxygen atoms in total.